The van der Waals surface area contributed by atoms with Crippen LogP contribution in [0, 0.1) is 5.92 Å². The molecule has 1 aliphatic heterocycles. The molecule has 1 fully saturated rings. The monoisotopic (exact) mass is 349 g/mol. The van der Waals surface area contributed by atoms with Crippen LogP contribution in [0.25, 0.3) is 0 Å². The molecule has 1 aromatic rings. The van der Waals surface area contributed by atoms with E-state index < -0.39 is 0 Å². The van der Waals surface area contributed by atoms with Gasteiger partial charge in [0.25, 0.3) is 5.91 Å². The van der Waals surface area contributed by atoms with E-state index in [4.69, 9.17) is 15.2 Å². The first-order valence-electron chi connectivity index (χ1n) is 8.44. The Morgan fingerprint density at radius 3 is 1.88 bits per heavy atom. The van der Waals surface area contributed by atoms with Crippen LogP contribution in [-0.2, 0) is 4.79 Å². The molecule has 1 heterocycles. The molecule has 7 heteroatoms. The van der Waals surface area contributed by atoms with Crippen LogP contribution < -0.4 is 15.2 Å². The quantitative estimate of drug-likeness (QED) is 0.856. The number of nitrogens with zero attached hydrogens (tertiary/aromatic N) is 2. The van der Waals surface area contributed by atoms with E-state index in [0.717, 1.165) is 0 Å². The molecule has 0 radical (unpaired) electrons. The molecule has 0 saturated carbocycles. The number of methoxy groups -OCH3 is 2. The van der Waals surface area contributed by atoms with E-state index in [2.05, 4.69) is 0 Å². The molecule has 0 aliphatic carbocycles. The molecule has 0 bridgehead atoms. The molecular formula is C18H27N3O4. The van der Waals surface area contributed by atoms with Crippen LogP contribution in [0.5, 0.6) is 11.5 Å². The van der Waals surface area contributed by atoms with E-state index >= 15 is 0 Å². The zero-order chi connectivity index (χ0) is 18.6. The van der Waals surface area contributed by atoms with Gasteiger partial charge in [0, 0.05) is 43.9 Å². The minimum absolute atomic E-state index is 0.0464. The normalized spacial score (nSPS) is 17.0. The molecule has 2 amide bonds. The second-order valence-corrected chi connectivity index (χ2v) is 6.37. The van der Waals surface area contributed by atoms with Gasteiger partial charge in [0.05, 0.1) is 20.1 Å². The first kappa shape index (κ1) is 19.1. The highest BCUT2D eigenvalue weighted by atomic mass is 16.5. The lowest BCUT2D eigenvalue weighted by Gasteiger charge is -2.36. The van der Waals surface area contributed by atoms with Crippen molar-refractivity contribution in [2.24, 2.45) is 11.7 Å². The van der Waals surface area contributed by atoms with E-state index in [-0.39, 0.29) is 23.8 Å². The highest BCUT2D eigenvalue weighted by Gasteiger charge is 2.28. The summed E-state index contributed by atoms with van der Waals surface area (Å²) in [5.41, 5.74) is 6.33. The van der Waals surface area contributed by atoms with E-state index in [0.29, 0.717) is 43.2 Å². The Labute approximate surface area is 148 Å². The number of piperazine rings is 1. The van der Waals surface area contributed by atoms with Gasteiger partial charge in [0.15, 0.2) is 0 Å². The SMILES string of the molecule is COc1cc(OC)cc(C(=O)N2CCN(C(=O)C(C)C(C)N)CC2)c1. The fraction of sp³-hybridized carbons (Fsp3) is 0.556. The number of hydrogen-bond donors (Lipinski definition) is 1. The first-order chi connectivity index (χ1) is 11.9. The number of carbonyl (C=O) groups is 2. The molecule has 7 nitrogen and oxygen atoms in total. The number of nitrogens with two attached hydrogens (primary N) is 1. The summed E-state index contributed by atoms with van der Waals surface area (Å²) in [6.07, 6.45) is 0. The van der Waals surface area contributed by atoms with E-state index in [9.17, 15) is 9.59 Å². The van der Waals surface area contributed by atoms with Crippen molar-refractivity contribution in [1.29, 1.82) is 0 Å². The minimum Gasteiger partial charge on any atom is -0.497 e. The second-order valence-electron chi connectivity index (χ2n) is 6.37. The largest absolute Gasteiger partial charge is 0.497 e. The van der Waals surface area contributed by atoms with Gasteiger partial charge in [-0.1, -0.05) is 6.92 Å². The molecule has 2 atom stereocenters. The molecule has 1 aliphatic rings. The van der Waals surface area contributed by atoms with Gasteiger partial charge in [-0.15, -0.1) is 0 Å². The lowest BCUT2D eigenvalue weighted by molar-refractivity contribution is -0.137. The van der Waals surface area contributed by atoms with Crippen LogP contribution in [0.2, 0.25) is 0 Å². The van der Waals surface area contributed by atoms with Crippen LogP contribution >= 0.6 is 0 Å². The average Bonchev–Trinajstić information content (AvgIpc) is 2.65. The molecule has 2 N–H and O–H groups in total. The molecule has 1 aromatic carbocycles. The van der Waals surface area contributed by atoms with Crippen LogP contribution in [0.3, 0.4) is 0 Å². The number of hydrogen-bond acceptors (Lipinski definition) is 5. The van der Waals surface area contributed by atoms with Crippen molar-refractivity contribution < 1.29 is 19.1 Å². The fourth-order valence-corrected chi connectivity index (χ4v) is 2.76. The van der Waals surface area contributed by atoms with Crippen molar-refractivity contribution in [2.45, 2.75) is 19.9 Å². The first-order valence-corrected chi connectivity index (χ1v) is 8.44. The van der Waals surface area contributed by atoms with Gasteiger partial charge in [-0.05, 0) is 19.1 Å². The Kier molecular flexibility index (Phi) is 6.25. The van der Waals surface area contributed by atoms with Gasteiger partial charge in [-0.25, -0.2) is 0 Å². The number of amides is 2. The molecule has 0 spiro atoms. The summed E-state index contributed by atoms with van der Waals surface area (Å²) in [5.74, 6) is 0.879. The van der Waals surface area contributed by atoms with Gasteiger partial charge in [0.2, 0.25) is 5.91 Å². The average molecular weight is 349 g/mol. The smallest absolute Gasteiger partial charge is 0.254 e. The van der Waals surface area contributed by atoms with Crippen molar-refractivity contribution in [2.75, 3.05) is 40.4 Å². The maximum absolute atomic E-state index is 12.7. The van der Waals surface area contributed by atoms with Crippen molar-refractivity contribution in [1.82, 2.24) is 9.80 Å². The summed E-state index contributed by atoms with van der Waals surface area (Å²) < 4.78 is 10.4. The summed E-state index contributed by atoms with van der Waals surface area (Å²) in [7, 11) is 3.10. The Balaban J connectivity index is 2.03. The van der Waals surface area contributed by atoms with Crippen LogP contribution in [-0.4, -0.2) is 68.1 Å². The third-order valence-electron chi connectivity index (χ3n) is 4.66. The molecule has 2 unspecified atom stereocenters. The van der Waals surface area contributed by atoms with Crippen LogP contribution in [0.1, 0.15) is 24.2 Å². The Morgan fingerprint density at radius 2 is 1.44 bits per heavy atom. The topological polar surface area (TPSA) is 85.1 Å². The van der Waals surface area contributed by atoms with Gasteiger partial charge >= 0.3 is 0 Å². The highest BCUT2D eigenvalue weighted by Crippen LogP contribution is 2.24. The number of ether oxygens (including phenoxy) is 2. The van der Waals surface area contributed by atoms with Crippen molar-refractivity contribution in [3.05, 3.63) is 23.8 Å². The predicted molar refractivity (Wildman–Crippen MR) is 94.8 cm³/mol. The summed E-state index contributed by atoms with van der Waals surface area (Å²) in [6, 6.07) is 4.93. The number of benzene rings is 1. The standard InChI is InChI=1S/C18H27N3O4/c1-12(13(2)19)17(22)20-5-7-21(8-6-20)18(23)14-9-15(24-3)11-16(10-14)25-4/h9-13H,5-8,19H2,1-4H3. The zero-order valence-corrected chi connectivity index (χ0v) is 15.3. The molecule has 0 aromatic heterocycles. The number of carbonyl (C=O) groups excluding carboxylic acids is 2. The number of rotatable bonds is 5. The lowest BCUT2D eigenvalue weighted by atomic mass is 10.0. The highest BCUT2D eigenvalue weighted by molar-refractivity contribution is 5.95. The maximum Gasteiger partial charge on any atom is 0.254 e. The third kappa shape index (κ3) is 4.42. The summed E-state index contributed by atoms with van der Waals surface area (Å²) in [6.45, 7) is 5.70. The van der Waals surface area contributed by atoms with Gasteiger partial charge in [0.1, 0.15) is 11.5 Å². The van der Waals surface area contributed by atoms with E-state index in [1.807, 2.05) is 13.8 Å². The van der Waals surface area contributed by atoms with Crippen molar-refractivity contribution in [3.63, 3.8) is 0 Å². The second kappa shape index (κ2) is 8.20. The van der Waals surface area contributed by atoms with E-state index in [1.165, 1.54) is 0 Å². The van der Waals surface area contributed by atoms with Crippen LogP contribution in [0.4, 0.5) is 0 Å². The Bertz CT molecular complexity index is 602. The molecule has 2 rings (SSSR count). The van der Waals surface area contributed by atoms with Gasteiger partial charge in [-0.3, -0.25) is 9.59 Å². The van der Waals surface area contributed by atoms with Gasteiger partial charge < -0.3 is 25.0 Å². The van der Waals surface area contributed by atoms with Crippen molar-refractivity contribution >= 4 is 11.8 Å². The summed E-state index contributed by atoms with van der Waals surface area (Å²) in [5, 5.41) is 0. The fourth-order valence-electron chi connectivity index (χ4n) is 2.76. The zero-order valence-electron chi connectivity index (χ0n) is 15.3. The van der Waals surface area contributed by atoms with Crippen LogP contribution in [0.15, 0.2) is 18.2 Å². The van der Waals surface area contributed by atoms with E-state index in [1.54, 1.807) is 42.2 Å². The molecular weight excluding hydrogens is 322 g/mol. The third-order valence-corrected chi connectivity index (χ3v) is 4.66. The molecule has 1 saturated heterocycles. The van der Waals surface area contributed by atoms with Gasteiger partial charge in [-0.2, -0.15) is 0 Å². The summed E-state index contributed by atoms with van der Waals surface area (Å²) >= 11 is 0. The Morgan fingerprint density at radius 1 is 0.960 bits per heavy atom. The van der Waals surface area contributed by atoms with Crippen molar-refractivity contribution in [3.8, 4) is 11.5 Å². The minimum atomic E-state index is -0.218. The molecule has 25 heavy (non-hydrogen) atoms. The lowest BCUT2D eigenvalue weighted by Crippen LogP contribution is -2.53. The predicted octanol–water partition coefficient (Wildman–Crippen LogP) is 0.972. The summed E-state index contributed by atoms with van der Waals surface area (Å²) in [4.78, 5) is 28.6. The Hall–Kier alpha value is -2.28. The molecule has 138 valence electrons. The maximum atomic E-state index is 12.7.